The molecule has 0 radical (unpaired) electrons. The molecule has 6 heteroatoms. The van der Waals surface area contributed by atoms with E-state index in [1.807, 2.05) is 24.3 Å². The topological polar surface area (TPSA) is 75.7 Å². The highest BCUT2D eigenvalue weighted by Gasteiger charge is 2.29. The second kappa shape index (κ2) is 9.06. The van der Waals surface area contributed by atoms with Gasteiger partial charge in [-0.05, 0) is 48.2 Å². The van der Waals surface area contributed by atoms with Crippen LogP contribution in [0.4, 0.5) is 5.69 Å². The van der Waals surface area contributed by atoms with Crippen LogP contribution in [-0.2, 0) is 16.0 Å². The number of para-hydroxylation sites is 1. The predicted octanol–water partition coefficient (Wildman–Crippen LogP) is 3.85. The molecule has 4 rings (SSSR count). The maximum atomic E-state index is 13.2. The average molecular weight is 428 g/mol. The zero-order valence-corrected chi connectivity index (χ0v) is 18.0. The van der Waals surface area contributed by atoms with E-state index in [0.29, 0.717) is 28.8 Å². The van der Waals surface area contributed by atoms with Crippen molar-refractivity contribution in [3.05, 3.63) is 89.5 Å². The summed E-state index contributed by atoms with van der Waals surface area (Å²) in [5.74, 6) is -1.02. The summed E-state index contributed by atoms with van der Waals surface area (Å²) in [5, 5.41) is 2.83. The Morgan fingerprint density at radius 2 is 1.47 bits per heavy atom. The van der Waals surface area contributed by atoms with E-state index >= 15 is 0 Å². The first-order valence-electron chi connectivity index (χ1n) is 10.5. The number of fused-ring (bicyclic) bond motifs is 1. The van der Waals surface area contributed by atoms with Crippen LogP contribution in [0.2, 0.25) is 0 Å². The molecule has 0 fully saturated rings. The molecule has 1 aliphatic rings. The Balaban J connectivity index is 1.58. The molecule has 6 nitrogen and oxygen atoms in total. The van der Waals surface area contributed by atoms with Crippen LogP contribution in [0.5, 0.6) is 0 Å². The van der Waals surface area contributed by atoms with Gasteiger partial charge in [-0.15, -0.1) is 0 Å². The highest BCUT2D eigenvalue weighted by atomic mass is 16.5. The van der Waals surface area contributed by atoms with Crippen molar-refractivity contribution in [2.24, 2.45) is 0 Å². The van der Waals surface area contributed by atoms with Gasteiger partial charge in [0.05, 0.1) is 12.7 Å². The Labute approximate surface area is 186 Å². The fourth-order valence-electron chi connectivity index (χ4n) is 4.06. The third-order valence-electron chi connectivity index (χ3n) is 5.67. The van der Waals surface area contributed by atoms with E-state index in [2.05, 4.69) is 5.32 Å². The summed E-state index contributed by atoms with van der Waals surface area (Å²) >= 11 is 0. The number of nitrogens with zero attached hydrogens (tertiary/aromatic N) is 1. The van der Waals surface area contributed by atoms with Crippen LogP contribution in [0, 0.1) is 0 Å². The van der Waals surface area contributed by atoms with Crippen molar-refractivity contribution >= 4 is 23.5 Å². The van der Waals surface area contributed by atoms with Crippen molar-refractivity contribution in [2.75, 3.05) is 18.6 Å². The molecule has 1 unspecified atom stereocenters. The molecule has 162 valence electrons. The molecule has 0 saturated carbocycles. The van der Waals surface area contributed by atoms with Gasteiger partial charge in [0.15, 0.2) is 0 Å². The van der Waals surface area contributed by atoms with Crippen LogP contribution >= 0.6 is 0 Å². The van der Waals surface area contributed by atoms with Gasteiger partial charge >= 0.3 is 5.97 Å². The van der Waals surface area contributed by atoms with E-state index in [4.69, 9.17) is 4.74 Å². The van der Waals surface area contributed by atoms with E-state index in [0.717, 1.165) is 17.7 Å². The Morgan fingerprint density at radius 1 is 0.875 bits per heavy atom. The van der Waals surface area contributed by atoms with E-state index < -0.39 is 12.0 Å². The molecule has 3 aromatic rings. The SMILES string of the molecule is COC(=O)c1ccccc1-c1ccccc1C(=O)NC(C)C(=O)N1CCc2ccccc21. The number of benzene rings is 3. The van der Waals surface area contributed by atoms with Crippen molar-refractivity contribution < 1.29 is 19.1 Å². The van der Waals surface area contributed by atoms with E-state index in [1.54, 1.807) is 60.4 Å². The van der Waals surface area contributed by atoms with Crippen molar-refractivity contribution in [1.29, 1.82) is 0 Å². The minimum absolute atomic E-state index is 0.157. The Kier molecular flexibility index (Phi) is 6.03. The van der Waals surface area contributed by atoms with Crippen molar-refractivity contribution in [2.45, 2.75) is 19.4 Å². The molecule has 1 aliphatic heterocycles. The predicted molar refractivity (Wildman–Crippen MR) is 123 cm³/mol. The molecule has 32 heavy (non-hydrogen) atoms. The van der Waals surface area contributed by atoms with Gasteiger partial charge in [0, 0.05) is 17.8 Å². The van der Waals surface area contributed by atoms with E-state index in [-0.39, 0.29) is 11.8 Å². The average Bonchev–Trinajstić information content (AvgIpc) is 3.27. The maximum Gasteiger partial charge on any atom is 0.338 e. The fraction of sp³-hybridized carbons (Fsp3) is 0.192. The summed E-state index contributed by atoms with van der Waals surface area (Å²) in [6.45, 7) is 2.29. The third-order valence-corrected chi connectivity index (χ3v) is 5.67. The van der Waals surface area contributed by atoms with Crippen LogP contribution in [0.15, 0.2) is 72.8 Å². The summed E-state index contributed by atoms with van der Waals surface area (Å²) in [7, 11) is 1.32. The lowest BCUT2D eigenvalue weighted by Gasteiger charge is -2.23. The van der Waals surface area contributed by atoms with Crippen LogP contribution in [-0.4, -0.2) is 37.5 Å². The molecule has 1 N–H and O–H groups in total. The fourth-order valence-corrected chi connectivity index (χ4v) is 4.06. The molecule has 0 bridgehead atoms. The van der Waals surface area contributed by atoms with Gasteiger partial charge in [0.1, 0.15) is 6.04 Å². The standard InChI is InChI=1S/C26H24N2O4/c1-17(25(30)28-16-15-18-9-3-8-14-23(18)28)27-24(29)21-12-6-4-10-19(21)20-11-5-7-13-22(20)26(31)32-2/h3-14,17H,15-16H2,1-2H3,(H,27,29). The first-order chi connectivity index (χ1) is 15.5. The summed E-state index contributed by atoms with van der Waals surface area (Å²) in [6, 6.07) is 21.1. The lowest BCUT2D eigenvalue weighted by Crippen LogP contribution is -2.46. The Hall–Kier alpha value is -3.93. The van der Waals surface area contributed by atoms with Gasteiger partial charge < -0.3 is 15.0 Å². The molecule has 2 amide bonds. The quantitative estimate of drug-likeness (QED) is 0.627. The van der Waals surface area contributed by atoms with Crippen molar-refractivity contribution in [3.8, 4) is 11.1 Å². The highest BCUT2D eigenvalue weighted by Crippen LogP contribution is 2.29. The van der Waals surface area contributed by atoms with Gasteiger partial charge in [-0.25, -0.2) is 4.79 Å². The van der Waals surface area contributed by atoms with E-state index in [1.165, 1.54) is 7.11 Å². The molecule has 0 aliphatic carbocycles. The summed E-state index contributed by atoms with van der Waals surface area (Å²) in [4.78, 5) is 40.2. The number of carbonyl (C=O) groups is 3. The van der Waals surface area contributed by atoms with Crippen LogP contribution in [0.3, 0.4) is 0 Å². The first kappa shape index (κ1) is 21.3. The van der Waals surface area contributed by atoms with Crippen LogP contribution in [0.25, 0.3) is 11.1 Å². The minimum atomic E-state index is -0.711. The molecule has 1 heterocycles. The van der Waals surface area contributed by atoms with Gasteiger partial charge in [0.2, 0.25) is 5.91 Å². The Morgan fingerprint density at radius 3 is 2.19 bits per heavy atom. The molecule has 3 aromatic carbocycles. The Bertz CT molecular complexity index is 1190. The van der Waals surface area contributed by atoms with Gasteiger partial charge in [-0.3, -0.25) is 9.59 Å². The molecular weight excluding hydrogens is 404 g/mol. The number of carbonyl (C=O) groups excluding carboxylic acids is 3. The third kappa shape index (κ3) is 3.99. The minimum Gasteiger partial charge on any atom is -0.465 e. The second-order valence-corrected chi connectivity index (χ2v) is 7.65. The lowest BCUT2D eigenvalue weighted by atomic mass is 9.95. The normalized spacial score (nSPS) is 13.2. The van der Waals surface area contributed by atoms with Crippen LogP contribution in [0.1, 0.15) is 33.2 Å². The number of rotatable bonds is 5. The number of nitrogens with one attached hydrogen (secondary N) is 1. The second-order valence-electron chi connectivity index (χ2n) is 7.65. The van der Waals surface area contributed by atoms with E-state index in [9.17, 15) is 14.4 Å². The summed E-state index contributed by atoms with van der Waals surface area (Å²) in [5.41, 5.74) is 3.96. The van der Waals surface area contributed by atoms with Gasteiger partial charge in [-0.2, -0.15) is 0 Å². The number of ether oxygens (including phenoxy) is 1. The zero-order chi connectivity index (χ0) is 22.7. The first-order valence-corrected chi connectivity index (χ1v) is 10.5. The lowest BCUT2D eigenvalue weighted by molar-refractivity contribution is -0.119. The largest absolute Gasteiger partial charge is 0.465 e. The van der Waals surface area contributed by atoms with Crippen LogP contribution < -0.4 is 10.2 Å². The molecule has 0 spiro atoms. The van der Waals surface area contributed by atoms with Crippen molar-refractivity contribution in [1.82, 2.24) is 5.32 Å². The zero-order valence-electron chi connectivity index (χ0n) is 18.0. The molecular formula is C26H24N2O4. The summed E-state index contributed by atoms with van der Waals surface area (Å²) < 4.78 is 4.89. The van der Waals surface area contributed by atoms with Crippen molar-refractivity contribution in [3.63, 3.8) is 0 Å². The highest BCUT2D eigenvalue weighted by molar-refractivity contribution is 6.07. The number of methoxy groups -OCH3 is 1. The number of hydrogen-bond donors (Lipinski definition) is 1. The molecule has 0 aromatic heterocycles. The monoisotopic (exact) mass is 428 g/mol. The maximum absolute atomic E-state index is 13.2. The summed E-state index contributed by atoms with van der Waals surface area (Å²) in [6.07, 6.45) is 0.801. The van der Waals surface area contributed by atoms with Gasteiger partial charge in [-0.1, -0.05) is 54.6 Å². The van der Waals surface area contributed by atoms with Gasteiger partial charge in [0.25, 0.3) is 5.91 Å². The number of esters is 1. The number of amides is 2. The number of anilines is 1. The molecule has 0 saturated heterocycles. The smallest absolute Gasteiger partial charge is 0.338 e. The number of hydrogen-bond acceptors (Lipinski definition) is 4. The molecule has 1 atom stereocenters.